The molecule has 0 saturated heterocycles. The molecule has 1 aromatic carbocycles. The molecule has 3 nitrogen and oxygen atoms in total. The Balaban J connectivity index is 1.98. The average Bonchev–Trinajstić information content (AvgIpc) is 2.39. The predicted molar refractivity (Wildman–Crippen MR) is 71.5 cm³/mol. The summed E-state index contributed by atoms with van der Waals surface area (Å²) in [6.07, 6.45) is 3.35. The van der Waals surface area contributed by atoms with Gasteiger partial charge < -0.3 is 16.2 Å². The maximum Gasteiger partial charge on any atom is 0.0716 e. The van der Waals surface area contributed by atoms with Crippen molar-refractivity contribution < 1.29 is 4.74 Å². The van der Waals surface area contributed by atoms with Crippen LogP contribution in [0.4, 0.5) is 0 Å². The summed E-state index contributed by atoms with van der Waals surface area (Å²) < 4.78 is 5.61. The first-order valence-corrected chi connectivity index (χ1v) is 6.38. The van der Waals surface area contributed by atoms with E-state index in [1.165, 1.54) is 5.56 Å². The highest BCUT2D eigenvalue weighted by atomic mass is 16.5. The van der Waals surface area contributed by atoms with E-state index in [0.29, 0.717) is 25.6 Å². The topological polar surface area (TPSA) is 61.3 Å². The van der Waals surface area contributed by atoms with E-state index < -0.39 is 0 Å². The van der Waals surface area contributed by atoms with Crippen LogP contribution in [0.15, 0.2) is 30.3 Å². The minimum Gasteiger partial charge on any atom is -0.377 e. The van der Waals surface area contributed by atoms with E-state index in [1.807, 2.05) is 18.2 Å². The predicted octanol–water partition coefficient (Wildman–Crippen LogP) is 1.91. The lowest BCUT2D eigenvalue weighted by molar-refractivity contribution is 0.116. The largest absolute Gasteiger partial charge is 0.377 e. The molecule has 3 heteroatoms. The maximum atomic E-state index is 5.61. The quantitative estimate of drug-likeness (QED) is 0.644. The van der Waals surface area contributed by atoms with Crippen molar-refractivity contribution in [3.63, 3.8) is 0 Å². The van der Waals surface area contributed by atoms with E-state index >= 15 is 0 Å². The molecule has 0 bridgehead atoms. The Bertz CT molecular complexity index is 273. The second-order valence-electron chi connectivity index (χ2n) is 4.37. The maximum absolute atomic E-state index is 5.61. The molecule has 0 amide bonds. The zero-order chi connectivity index (χ0) is 12.3. The molecule has 0 aromatic heterocycles. The van der Waals surface area contributed by atoms with Gasteiger partial charge in [0.25, 0.3) is 0 Å². The number of ether oxygens (including phenoxy) is 1. The van der Waals surface area contributed by atoms with Crippen LogP contribution in [0.3, 0.4) is 0 Å². The van der Waals surface area contributed by atoms with Gasteiger partial charge >= 0.3 is 0 Å². The lowest BCUT2D eigenvalue weighted by Crippen LogP contribution is -2.23. The Morgan fingerprint density at radius 3 is 2.35 bits per heavy atom. The molecule has 0 atom stereocenters. The SMILES string of the molecule is NCC(CN)CCCCOCc1ccccc1. The molecule has 0 aliphatic rings. The fourth-order valence-corrected chi connectivity index (χ4v) is 1.73. The molecule has 0 unspecified atom stereocenters. The number of benzene rings is 1. The van der Waals surface area contributed by atoms with E-state index in [9.17, 15) is 0 Å². The average molecular weight is 236 g/mol. The van der Waals surface area contributed by atoms with Gasteiger partial charge in [0, 0.05) is 6.61 Å². The minimum absolute atomic E-state index is 0.476. The normalized spacial score (nSPS) is 11.0. The second-order valence-corrected chi connectivity index (χ2v) is 4.37. The fourth-order valence-electron chi connectivity index (χ4n) is 1.73. The molecule has 0 fully saturated rings. The van der Waals surface area contributed by atoms with E-state index in [4.69, 9.17) is 16.2 Å². The third kappa shape index (κ3) is 6.41. The van der Waals surface area contributed by atoms with Crippen molar-refractivity contribution in [3.8, 4) is 0 Å². The first-order valence-electron chi connectivity index (χ1n) is 6.38. The summed E-state index contributed by atoms with van der Waals surface area (Å²) in [5, 5.41) is 0. The molecule has 0 aliphatic carbocycles. The molecule has 0 heterocycles. The molecule has 0 spiro atoms. The van der Waals surface area contributed by atoms with E-state index in [2.05, 4.69) is 12.1 Å². The standard InChI is InChI=1S/C14H24N2O/c15-10-14(11-16)8-4-5-9-17-12-13-6-2-1-3-7-13/h1-3,6-7,14H,4-5,8-12,15-16H2. The summed E-state index contributed by atoms with van der Waals surface area (Å²) in [7, 11) is 0. The molecule has 17 heavy (non-hydrogen) atoms. The van der Waals surface area contributed by atoms with Gasteiger partial charge in [-0.15, -0.1) is 0 Å². The van der Waals surface area contributed by atoms with Crippen LogP contribution in [-0.4, -0.2) is 19.7 Å². The van der Waals surface area contributed by atoms with Crippen molar-refractivity contribution in [3.05, 3.63) is 35.9 Å². The first kappa shape index (κ1) is 14.2. The summed E-state index contributed by atoms with van der Waals surface area (Å²) in [6, 6.07) is 10.2. The van der Waals surface area contributed by atoms with E-state index in [1.54, 1.807) is 0 Å². The van der Waals surface area contributed by atoms with Gasteiger partial charge in [-0.25, -0.2) is 0 Å². The van der Waals surface area contributed by atoms with Crippen molar-refractivity contribution in [1.29, 1.82) is 0 Å². The summed E-state index contributed by atoms with van der Waals surface area (Å²) >= 11 is 0. The number of nitrogens with two attached hydrogens (primary N) is 2. The zero-order valence-electron chi connectivity index (χ0n) is 10.5. The smallest absolute Gasteiger partial charge is 0.0716 e. The number of hydrogen-bond acceptors (Lipinski definition) is 3. The Hall–Kier alpha value is -0.900. The lowest BCUT2D eigenvalue weighted by Gasteiger charge is -2.11. The summed E-state index contributed by atoms with van der Waals surface area (Å²) in [4.78, 5) is 0. The Kier molecular flexibility index (Phi) is 7.63. The lowest BCUT2D eigenvalue weighted by atomic mass is 10.0. The van der Waals surface area contributed by atoms with Crippen LogP contribution in [0.5, 0.6) is 0 Å². The molecule has 4 N–H and O–H groups in total. The van der Waals surface area contributed by atoms with Crippen molar-refractivity contribution in [2.45, 2.75) is 25.9 Å². The highest BCUT2D eigenvalue weighted by Crippen LogP contribution is 2.07. The summed E-state index contributed by atoms with van der Waals surface area (Å²) in [5.74, 6) is 0.476. The first-order chi connectivity index (χ1) is 8.36. The van der Waals surface area contributed by atoms with Gasteiger partial charge in [0.15, 0.2) is 0 Å². The molecule has 0 saturated carbocycles. The van der Waals surface area contributed by atoms with Crippen LogP contribution in [0.25, 0.3) is 0 Å². The molecular weight excluding hydrogens is 212 g/mol. The van der Waals surface area contributed by atoms with Gasteiger partial charge in [-0.3, -0.25) is 0 Å². The molecular formula is C14H24N2O. The van der Waals surface area contributed by atoms with Crippen molar-refractivity contribution >= 4 is 0 Å². The number of hydrogen-bond donors (Lipinski definition) is 2. The van der Waals surface area contributed by atoms with Crippen LogP contribution in [0, 0.1) is 5.92 Å². The van der Waals surface area contributed by atoms with Crippen LogP contribution >= 0.6 is 0 Å². The second kappa shape index (κ2) is 9.16. The van der Waals surface area contributed by atoms with E-state index in [0.717, 1.165) is 25.9 Å². The fraction of sp³-hybridized carbons (Fsp3) is 0.571. The van der Waals surface area contributed by atoms with Gasteiger partial charge in [0.05, 0.1) is 6.61 Å². The number of rotatable bonds is 9. The van der Waals surface area contributed by atoms with Crippen molar-refractivity contribution in [2.24, 2.45) is 17.4 Å². The third-order valence-corrected chi connectivity index (χ3v) is 2.93. The van der Waals surface area contributed by atoms with Crippen LogP contribution in [0.2, 0.25) is 0 Å². The van der Waals surface area contributed by atoms with Gasteiger partial charge in [-0.1, -0.05) is 36.8 Å². The Morgan fingerprint density at radius 1 is 1.00 bits per heavy atom. The molecule has 1 aromatic rings. The highest BCUT2D eigenvalue weighted by Gasteiger charge is 2.02. The van der Waals surface area contributed by atoms with Gasteiger partial charge in [0.1, 0.15) is 0 Å². The van der Waals surface area contributed by atoms with Crippen LogP contribution < -0.4 is 11.5 Å². The molecule has 96 valence electrons. The van der Waals surface area contributed by atoms with Crippen LogP contribution in [0.1, 0.15) is 24.8 Å². The third-order valence-electron chi connectivity index (χ3n) is 2.93. The minimum atomic E-state index is 0.476. The molecule has 0 aliphatic heterocycles. The van der Waals surface area contributed by atoms with Gasteiger partial charge in [0.2, 0.25) is 0 Å². The van der Waals surface area contributed by atoms with Crippen LogP contribution in [-0.2, 0) is 11.3 Å². The highest BCUT2D eigenvalue weighted by molar-refractivity contribution is 5.13. The Labute approximate surface area is 104 Å². The summed E-state index contributed by atoms with van der Waals surface area (Å²) in [5.41, 5.74) is 12.4. The van der Waals surface area contributed by atoms with Gasteiger partial charge in [-0.05, 0) is 37.4 Å². The molecule has 1 rings (SSSR count). The Morgan fingerprint density at radius 2 is 1.71 bits per heavy atom. The van der Waals surface area contributed by atoms with Crippen molar-refractivity contribution in [1.82, 2.24) is 0 Å². The van der Waals surface area contributed by atoms with Crippen molar-refractivity contribution in [2.75, 3.05) is 19.7 Å². The van der Waals surface area contributed by atoms with E-state index in [-0.39, 0.29) is 0 Å². The van der Waals surface area contributed by atoms with Gasteiger partial charge in [-0.2, -0.15) is 0 Å². The monoisotopic (exact) mass is 236 g/mol. The number of unbranched alkanes of at least 4 members (excludes halogenated alkanes) is 1. The molecule has 0 radical (unpaired) electrons. The zero-order valence-corrected chi connectivity index (χ0v) is 10.5. The summed E-state index contributed by atoms with van der Waals surface area (Å²) in [6.45, 7) is 2.91.